The molecule has 45 heavy (non-hydrogen) atoms. The quantitative estimate of drug-likeness (QED) is 0.0606. The van der Waals surface area contributed by atoms with Gasteiger partial charge < -0.3 is 42.6 Å². The van der Waals surface area contributed by atoms with E-state index in [9.17, 15) is 9.59 Å². The average Bonchev–Trinajstić information content (AvgIpc) is 3.04. The van der Waals surface area contributed by atoms with Crippen LogP contribution >= 0.6 is 0 Å². The molecule has 11 nitrogen and oxygen atoms in total. The monoisotopic (exact) mass is 650 g/mol. The molecule has 0 aliphatic carbocycles. The van der Waals surface area contributed by atoms with Gasteiger partial charge in [0.2, 0.25) is 0 Å². The van der Waals surface area contributed by atoms with E-state index in [4.69, 9.17) is 42.6 Å². The maximum absolute atomic E-state index is 11.8. The van der Waals surface area contributed by atoms with Crippen molar-refractivity contribution >= 4 is 11.9 Å². The second-order valence-electron chi connectivity index (χ2n) is 10.8. The highest BCUT2D eigenvalue weighted by Crippen LogP contribution is 2.00. The topological polar surface area (TPSA) is 117 Å². The summed E-state index contributed by atoms with van der Waals surface area (Å²) in [5, 5.41) is 0. The van der Waals surface area contributed by atoms with Crippen molar-refractivity contribution in [3.05, 3.63) is 0 Å². The number of carbonyl (C=O) groups is 2. The van der Waals surface area contributed by atoms with Crippen LogP contribution in [0, 0.1) is 0 Å². The number of ether oxygens (including phenoxy) is 9. The lowest BCUT2D eigenvalue weighted by Gasteiger charge is -2.08. The predicted octanol–water partition coefficient (Wildman–Crippen LogP) is 5.69. The lowest BCUT2D eigenvalue weighted by Crippen LogP contribution is -2.11. The van der Waals surface area contributed by atoms with Gasteiger partial charge in [0, 0.05) is 118 Å². The molecule has 0 spiro atoms. The van der Waals surface area contributed by atoms with Crippen molar-refractivity contribution in [2.75, 3.05) is 106 Å². The van der Waals surface area contributed by atoms with E-state index < -0.39 is 0 Å². The summed E-state index contributed by atoms with van der Waals surface area (Å²) in [4.78, 5) is 23.6. The van der Waals surface area contributed by atoms with Crippen molar-refractivity contribution in [1.82, 2.24) is 0 Å². The lowest BCUT2D eigenvalue weighted by atomic mass is 10.3. The predicted molar refractivity (Wildman–Crippen MR) is 174 cm³/mol. The molecule has 0 atom stereocenters. The third-order valence-corrected chi connectivity index (χ3v) is 6.33. The normalized spacial score (nSPS) is 11.2. The summed E-state index contributed by atoms with van der Waals surface area (Å²) in [5.74, 6) is -0.462. The third kappa shape index (κ3) is 38.8. The zero-order valence-corrected chi connectivity index (χ0v) is 28.7. The molecule has 0 saturated carbocycles. The van der Waals surface area contributed by atoms with E-state index in [1.807, 2.05) is 0 Å². The van der Waals surface area contributed by atoms with Crippen LogP contribution in [0.4, 0.5) is 0 Å². The summed E-state index contributed by atoms with van der Waals surface area (Å²) in [5.41, 5.74) is 0. The molecular formula is C34H66O11. The van der Waals surface area contributed by atoms with E-state index in [-0.39, 0.29) is 11.9 Å². The van der Waals surface area contributed by atoms with E-state index in [0.717, 1.165) is 77.8 Å². The number of rotatable bonds is 38. The molecule has 0 aliphatic rings. The first-order valence-electron chi connectivity index (χ1n) is 17.6. The summed E-state index contributed by atoms with van der Waals surface area (Å²) in [6.45, 7) is 14.3. The molecule has 0 amide bonds. The molecule has 0 N–H and O–H groups in total. The molecule has 268 valence electrons. The maximum atomic E-state index is 11.8. The molecule has 0 aromatic rings. The highest BCUT2D eigenvalue weighted by molar-refractivity contribution is 5.69. The zero-order chi connectivity index (χ0) is 32.7. The number of carbonyl (C=O) groups excluding carboxylic acids is 2. The number of hydrogen-bond acceptors (Lipinski definition) is 11. The molecule has 0 aliphatic heterocycles. The number of unbranched alkanes of at least 4 members (excludes halogenated alkanes) is 2. The van der Waals surface area contributed by atoms with Gasteiger partial charge in [0.1, 0.15) is 0 Å². The van der Waals surface area contributed by atoms with Crippen molar-refractivity contribution in [3.8, 4) is 0 Å². The average molecular weight is 651 g/mol. The first-order valence-corrected chi connectivity index (χ1v) is 17.6. The molecule has 0 aromatic carbocycles. The molecule has 0 saturated heterocycles. The van der Waals surface area contributed by atoms with Gasteiger partial charge in [-0.15, -0.1) is 0 Å². The molecule has 11 heteroatoms. The Labute approximate surface area is 273 Å². The summed E-state index contributed by atoms with van der Waals surface area (Å²) in [6, 6.07) is 0. The molecule has 0 rings (SSSR count). The first-order chi connectivity index (χ1) is 22.2. The Hall–Kier alpha value is -1.34. The highest BCUT2D eigenvalue weighted by atomic mass is 16.5. The SMILES string of the molecule is CCCCOCCCOCCCOCCCOC(=O)CCCOCCCC(=O)OCCCOCCCOCCCOCCCC. The maximum Gasteiger partial charge on any atom is 0.305 e. The van der Waals surface area contributed by atoms with Crippen LogP contribution in [-0.2, 0) is 52.2 Å². The second kappa shape index (κ2) is 38.8. The van der Waals surface area contributed by atoms with E-state index >= 15 is 0 Å². The van der Waals surface area contributed by atoms with Gasteiger partial charge in [-0.05, 0) is 51.4 Å². The van der Waals surface area contributed by atoms with Crippen LogP contribution < -0.4 is 0 Å². The Morgan fingerprint density at radius 2 is 0.533 bits per heavy atom. The van der Waals surface area contributed by atoms with Crippen LogP contribution in [-0.4, -0.2) is 118 Å². The van der Waals surface area contributed by atoms with Crippen LogP contribution in [0.5, 0.6) is 0 Å². The van der Waals surface area contributed by atoms with E-state index in [2.05, 4.69) is 13.8 Å². The van der Waals surface area contributed by atoms with Crippen LogP contribution in [0.15, 0.2) is 0 Å². The van der Waals surface area contributed by atoms with E-state index in [1.54, 1.807) is 0 Å². The molecule has 0 heterocycles. The minimum Gasteiger partial charge on any atom is -0.466 e. The highest BCUT2D eigenvalue weighted by Gasteiger charge is 2.05. The third-order valence-electron chi connectivity index (χ3n) is 6.33. The molecule has 0 fully saturated rings. The van der Waals surface area contributed by atoms with E-state index in [1.165, 1.54) is 0 Å². The molecular weight excluding hydrogens is 584 g/mol. The molecule has 0 bridgehead atoms. The number of hydrogen-bond donors (Lipinski definition) is 0. The minimum absolute atomic E-state index is 0.231. The largest absolute Gasteiger partial charge is 0.466 e. The number of esters is 2. The standard InChI is InChI=1S/C34H66O11/c1-3-5-17-37-21-9-23-40-25-11-27-42-29-13-31-44-33(35)15-7-19-39-20-8-16-34(36)45-32-14-30-43-28-12-26-41-24-10-22-38-18-6-4-2/h3-32H2,1-2H3. The fourth-order valence-corrected chi connectivity index (χ4v) is 3.73. The van der Waals surface area contributed by atoms with Gasteiger partial charge in [-0.3, -0.25) is 9.59 Å². The lowest BCUT2D eigenvalue weighted by molar-refractivity contribution is -0.145. The fraction of sp³-hybridized carbons (Fsp3) is 0.941. The van der Waals surface area contributed by atoms with Gasteiger partial charge in [-0.1, -0.05) is 26.7 Å². The van der Waals surface area contributed by atoms with Crippen LogP contribution in [0.2, 0.25) is 0 Å². The Morgan fingerprint density at radius 3 is 0.800 bits per heavy atom. The van der Waals surface area contributed by atoms with Crippen molar-refractivity contribution in [3.63, 3.8) is 0 Å². The van der Waals surface area contributed by atoms with Gasteiger partial charge in [-0.2, -0.15) is 0 Å². The Morgan fingerprint density at radius 1 is 0.311 bits per heavy atom. The zero-order valence-electron chi connectivity index (χ0n) is 28.7. The summed E-state index contributed by atoms with van der Waals surface area (Å²) in [6.07, 6.45) is 11.2. The van der Waals surface area contributed by atoms with Gasteiger partial charge in [0.15, 0.2) is 0 Å². The first kappa shape index (κ1) is 43.7. The van der Waals surface area contributed by atoms with Crippen molar-refractivity contribution in [2.24, 2.45) is 0 Å². The van der Waals surface area contributed by atoms with E-state index in [0.29, 0.717) is 118 Å². The summed E-state index contributed by atoms with van der Waals surface area (Å²) < 4.78 is 49.1. The second-order valence-corrected chi connectivity index (χ2v) is 10.8. The Bertz CT molecular complexity index is 557. The van der Waals surface area contributed by atoms with Crippen LogP contribution in [0.3, 0.4) is 0 Å². The molecule has 0 radical (unpaired) electrons. The smallest absolute Gasteiger partial charge is 0.305 e. The Kier molecular flexibility index (Phi) is 37.7. The van der Waals surface area contributed by atoms with Gasteiger partial charge in [-0.25, -0.2) is 0 Å². The molecule has 0 aromatic heterocycles. The minimum atomic E-state index is -0.231. The fourth-order valence-electron chi connectivity index (χ4n) is 3.73. The van der Waals surface area contributed by atoms with Crippen molar-refractivity contribution in [2.45, 2.75) is 104 Å². The van der Waals surface area contributed by atoms with Gasteiger partial charge >= 0.3 is 11.9 Å². The summed E-state index contributed by atoms with van der Waals surface area (Å²) >= 11 is 0. The Balaban J connectivity index is 3.24. The van der Waals surface area contributed by atoms with Crippen LogP contribution in [0.1, 0.15) is 104 Å². The van der Waals surface area contributed by atoms with Crippen molar-refractivity contribution in [1.29, 1.82) is 0 Å². The summed E-state index contributed by atoms with van der Waals surface area (Å²) in [7, 11) is 0. The van der Waals surface area contributed by atoms with Crippen LogP contribution in [0.25, 0.3) is 0 Å². The van der Waals surface area contributed by atoms with Crippen molar-refractivity contribution < 1.29 is 52.2 Å². The van der Waals surface area contributed by atoms with Gasteiger partial charge in [0.05, 0.1) is 13.2 Å². The molecule has 0 unspecified atom stereocenters. The van der Waals surface area contributed by atoms with Gasteiger partial charge in [0.25, 0.3) is 0 Å².